The summed E-state index contributed by atoms with van der Waals surface area (Å²) >= 11 is 0. The van der Waals surface area contributed by atoms with Crippen LogP contribution in [0.3, 0.4) is 0 Å². The van der Waals surface area contributed by atoms with E-state index < -0.39 is 0 Å². The molecule has 2 heterocycles. The standard InChI is InChI=1S/C17H15FN2/c1-2-12-9-13-6-7-14(18)10-16(13)20-17(12)11-15-5-3-4-8-19-15/h3-10H,2,11H2,1H3. The highest BCUT2D eigenvalue weighted by molar-refractivity contribution is 5.79. The number of fused-ring (bicyclic) bond motifs is 1. The minimum absolute atomic E-state index is 0.252. The Labute approximate surface area is 117 Å². The first-order valence-corrected chi connectivity index (χ1v) is 6.74. The van der Waals surface area contributed by atoms with Crippen molar-refractivity contribution in [2.45, 2.75) is 19.8 Å². The fraction of sp³-hybridized carbons (Fsp3) is 0.176. The Balaban J connectivity index is 2.08. The van der Waals surface area contributed by atoms with Crippen LogP contribution in [0.15, 0.2) is 48.7 Å². The summed E-state index contributed by atoms with van der Waals surface area (Å²) in [6.45, 7) is 2.11. The normalized spacial score (nSPS) is 10.9. The van der Waals surface area contributed by atoms with Crippen molar-refractivity contribution >= 4 is 10.9 Å². The first-order chi connectivity index (χ1) is 9.76. The molecule has 3 rings (SSSR count). The van der Waals surface area contributed by atoms with Crippen molar-refractivity contribution in [3.63, 3.8) is 0 Å². The van der Waals surface area contributed by atoms with Crippen LogP contribution in [0.5, 0.6) is 0 Å². The summed E-state index contributed by atoms with van der Waals surface area (Å²) in [5.41, 5.74) is 3.85. The lowest BCUT2D eigenvalue weighted by atomic mass is 10.0. The largest absolute Gasteiger partial charge is 0.261 e. The maximum atomic E-state index is 13.3. The zero-order valence-corrected chi connectivity index (χ0v) is 11.3. The van der Waals surface area contributed by atoms with Crippen LogP contribution in [0.25, 0.3) is 10.9 Å². The van der Waals surface area contributed by atoms with Gasteiger partial charge >= 0.3 is 0 Å². The summed E-state index contributed by atoms with van der Waals surface area (Å²) in [5.74, 6) is -0.252. The molecule has 0 saturated heterocycles. The van der Waals surface area contributed by atoms with E-state index in [1.165, 1.54) is 17.7 Å². The second kappa shape index (κ2) is 5.37. The lowest BCUT2D eigenvalue weighted by Crippen LogP contribution is -2.00. The lowest BCUT2D eigenvalue weighted by Gasteiger charge is -2.09. The van der Waals surface area contributed by atoms with E-state index in [4.69, 9.17) is 0 Å². The molecule has 0 spiro atoms. The van der Waals surface area contributed by atoms with Gasteiger partial charge in [-0.15, -0.1) is 0 Å². The number of aryl methyl sites for hydroxylation is 1. The molecule has 0 saturated carbocycles. The molecule has 0 N–H and O–H groups in total. The quantitative estimate of drug-likeness (QED) is 0.718. The molecule has 100 valence electrons. The van der Waals surface area contributed by atoms with Crippen LogP contribution in [0.4, 0.5) is 4.39 Å². The number of nitrogens with zero attached hydrogens (tertiary/aromatic N) is 2. The van der Waals surface area contributed by atoms with Gasteiger partial charge in [-0.2, -0.15) is 0 Å². The van der Waals surface area contributed by atoms with E-state index in [1.54, 1.807) is 12.3 Å². The van der Waals surface area contributed by atoms with E-state index in [0.717, 1.165) is 23.2 Å². The number of pyridine rings is 2. The molecule has 0 aliphatic heterocycles. The molecule has 0 aliphatic rings. The summed E-state index contributed by atoms with van der Waals surface area (Å²) < 4.78 is 13.3. The van der Waals surface area contributed by atoms with Gasteiger partial charge in [0.1, 0.15) is 5.82 Å². The topological polar surface area (TPSA) is 25.8 Å². The van der Waals surface area contributed by atoms with Crippen LogP contribution in [0.2, 0.25) is 0 Å². The summed E-state index contributed by atoms with van der Waals surface area (Å²) in [7, 11) is 0. The number of halogens is 1. The molecule has 0 bridgehead atoms. The SMILES string of the molecule is CCc1cc2ccc(F)cc2nc1Cc1ccccn1. The number of benzene rings is 1. The van der Waals surface area contributed by atoms with E-state index in [0.29, 0.717) is 11.9 Å². The van der Waals surface area contributed by atoms with Crippen LogP contribution in [0, 0.1) is 5.82 Å². The second-order valence-electron chi connectivity index (χ2n) is 4.78. The van der Waals surface area contributed by atoms with Gasteiger partial charge in [-0.1, -0.05) is 13.0 Å². The zero-order valence-electron chi connectivity index (χ0n) is 11.3. The van der Waals surface area contributed by atoms with Gasteiger partial charge in [0.15, 0.2) is 0 Å². The third-order valence-electron chi connectivity index (χ3n) is 3.40. The zero-order chi connectivity index (χ0) is 13.9. The fourth-order valence-electron chi connectivity index (χ4n) is 2.36. The Morgan fingerprint density at radius 2 is 2.00 bits per heavy atom. The van der Waals surface area contributed by atoms with Gasteiger partial charge in [0.25, 0.3) is 0 Å². The molecule has 3 aromatic rings. The van der Waals surface area contributed by atoms with E-state index >= 15 is 0 Å². The third kappa shape index (κ3) is 2.52. The van der Waals surface area contributed by atoms with Gasteiger partial charge in [0.05, 0.1) is 11.2 Å². The third-order valence-corrected chi connectivity index (χ3v) is 3.40. The minimum atomic E-state index is -0.252. The molecular weight excluding hydrogens is 251 g/mol. The Bertz CT molecular complexity index is 739. The molecule has 3 heteroatoms. The first-order valence-electron chi connectivity index (χ1n) is 6.74. The number of hydrogen-bond acceptors (Lipinski definition) is 2. The summed E-state index contributed by atoms with van der Waals surface area (Å²) in [6, 6.07) is 12.7. The Kier molecular flexibility index (Phi) is 3.42. The maximum absolute atomic E-state index is 13.3. The fourth-order valence-corrected chi connectivity index (χ4v) is 2.36. The molecule has 20 heavy (non-hydrogen) atoms. The molecule has 2 aromatic heterocycles. The smallest absolute Gasteiger partial charge is 0.125 e. The van der Waals surface area contributed by atoms with Gasteiger partial charge < -0.3 is 0 Å². The monoisotopic (exact) mass is 266 g/mol. The Hall–Kier alpha value is -2.29. The van der Waals surface area contributed by atoms with Crippen LogP contribution < -0.4 is 0 Å². The van der Waals surface area contributed by atoms with E-state index in [9.17, 15) is 4.39 Å². The molecule has 0 amide bonds. The summed E-state index contributed by atoms with van der Waals surface area (Å²) in [6.07, 6.45) is 3.36. The summed E-state index contributed by atoms with van der Waals surface area (Å²) in [4.78, 5) is 8.96. The van der Waals surface area contributed by atoms with Crippen LogP contribution in [-0.4, -0.2) is 9.97 Å². The van der Waals surface area contributed by atoms with Gasteiger partial charge in [-0.25, -0.2) is 4.39 Å². The Morgan fingerprint density at radius 1 is 1.10 bits per heavy atom. The highest BCUT2D eigenvalue weighted by atomic mass is 19.1. The van der Waals surface area contributed by atoms with Crippen molar-refractivity contribution in [3.05, 3.63) is 71.4 Å². The summed E-state index contributed by atoms with van der Waals surface area (Å²) in [5, 5.41) is 0.980. The highest BCUT2D eigenvalue weighted by Crippen LogP contribution is 2.20. The van der Waals surface area contributed by atoms with Crippen molar-refractivity contribution in [3.8, 4) is 0 Å². The molecule has 2 nitrogen and oxygen atoms in total. The van der Waals surface area contributed by atoms with Crippen molar-refractivity contribution in [2.75, 3.05) is 0 Å². The van der Waals surface area contributed by atoms with Crippen molar-refractivity contribution in [1.82, 2.24) is 9.97 Å². The second-order valence-corrected chi connectivity index (χ2v) is 4.78. The molecule has 0 aliphatic carbocycles. The minimum Gasteiger partial charge on any atom is -0.261 e. The predicted molar refractivity (Wildman–Crippen MR) is 78.1 cm³/mol. The molecule has 0 radical (unpaired) electrons. The molecular formula is C17H15FN2. The van der Waals surface area contributed by atoms with Crippen LogP contribution in [0.1, 0.15) is 23.9 Å². The van der Waals surface area contributed by atoms with E-state index in [2.05, 4.69) is 23.0 Å². The van der Waals surface area contributed by atoms with Gasteiger partial charge in [0, 0.05) is 29.8 Å². The van der Waals surface area contributed by atoms with E-state index in [1.807, 2.05) is 18.2 Å². The van der Waals surface area contributed by atoms with Crippen LogP contribution >= 0.6 is 0 Å². The molecule has 0 unspecified atom stereocenters. The number of hydrogen-bond donors (Lipinski definition) is 0. The predicted octanol–water partition coefficient (Wildman–Crippen LogP) is 3.92. The van der Waals surface area contributed by atoms with Crippen LogP contribution in [-0.2, 0) is 12.8 Å². The van der Waals surface area contributed by atoms with Crippen molar-refractivity contribution in [2.24, 2.45) is 0 Å². The highest BCUT2D eigenvalue weighted by Gasteiger charge is 2.08. The number of rotatable bonds is 3. The average molecular weight is 266 g/mol. The molecule has 1 aromatic carbocycles. The average Bonchev–Trinajstić information content (AvgIpc) is 2.47. The van der Waals surface area contributed by atoms with Gasteiger partial charge in [-0.3, -0.25) is 9.97 Å². The van der Waals surface area contributed by atoms with Crippen molar-refractivity contribution < 1.29 is 4.39 Å². The van der Waals surface area contributed by atoms with Gasteiger partial charge in [-0.05, 0) is 42.3 Å². The van der Waals surface area contributed by atoms with E-state index in [-0.39, 0.29) is 5.82 Å². The maximum Gasteiger partial charge on any atom is 0.125 e. The first kappa shape index (κ1) is 12.7. The molecule has 0 atom stereocenters. The van der Waals surface area contributed by atoms with Crippen molar-refractivity contribution in [1.29, 1.82) is 0 Å². The lowest BCUT2D eigenvalue weighted by molar-refractivity contribution is 0.629. The Morgan fingerprint density at radius 3 is 2.75 bits per heavy atom. The molecule has 0 fully saturated rings. The number of aromatic nitrogens is 2. The van der Waals surface area contributed by atoms with Gasteiger partial charge in [0.2, 0.25) is 0 Å².